The lowest BCUT2D eigenvalue weighted by Gasteiger charge is -2.12. The molecule has 0 unspecified atom stereocenters. The second-order valence-electron chi connectivity index (χ2n) is 3.88. The number of carbonyl (C=O) groups excluding carboxylic acids is 1. The molecule has 1 amide bonds. The number of rotatable bonds is 0. The highest BCUT2D eigenvalue weighted by Gasteiger charge is 2.11. The van der Waals surface area contributed by atoms with Gasteiger partial charge in [-0.2, -0.15) is 0 Å². The first kappa shape index (κ1) is 9.77. The zero-order chi connectivity index (χ0) is 11.0. The van der Waals surface area contributed by atoms with Gasteiger partial charge in [-0.3, -0.25) is 4.57 Å². The van der Waals surface area contributed by atoms with Crippen LogP contribution in [0.25, 0.3) is 10.9 Å². The molecule has 15 heavy (non-hydrogen) atoms. The number of benzene rings is 1. The van der Waals surface area contributed by atoms with E-state index in [1.54, 1.807) is 23.6 Å². The number of fused-ring (bicyclic) bond motifs is 1. The smallest absolute Gasteiger partial charge is 0.328 e. The van der Waals surface area contributed by atoms with Crippen molar-refractivity contribution in [2.45, 2.75) is 6.92 Å². The van der Waals surface area contributed by atoms with Gasteiger partial charge >= 0.3 is 6.03 Å². The van der Waals surface area contributed by atoms with E-state index in [1.165, 1.54) is 0 Å². The van der Waals surface area contributed by atoms with E-state index in [2.05, 4.69) is 0 Å². The largest absolute Gasteiger partial charge is 0.330 e. The highest BCUT2D eigenvalue weighted by Crippen LogP contribution is 2.19. The second kappa shape index (κ2) is 3.42. The van der Waals surface area contributed by atoms with Gasteiger partial charge in [-0.05, 0) is 18.6 Å². The molecule has 0 fully saturated rings. The summed E-state index contributed by atoms with van der Waals surface area (Å²) in [7, 11) is 3.51. The molecule has 0 radical (unpaired) electrons. The van der Waals surface area contributed by atoms with E-state index >= 15 is 0 Å². The molecule has 3 nitrogen and oxygen atoms in total. The third kappa shape index (κ3) is 1.50. The van der Waals surface area contributed by atoms with Crippen LogP contribution in [0.2, 0.25) is 0 Å². The van der Waals surface area contributed by atoms with Gasteiger partial charge in [0.15, 0.2) is 0 Å². The molecule has 0 aliphatic carbocycles. The molecule has 78 valence electrons. The minimum absolute atomic E-state index is 0.0145. The maximum Gasteiger partial charge on any atom is 0.328 e. The Morgan fingerprint density at radius 3 is 2.67 bits per heavy atom. The maximum absolute atomic E-state index is 11.9. The number of carbonyl (C=O) groups is 1. The predicted octanol–water partition coefficient (Wildman–Crippen LogP) is 2.48. The van der Waals surface area contributed by atoms with Crippen LogP contribution in [0.5, 0.6) is 0 Å². The number of aromatic nitrogens is 1. The molecule has 0 aliphatic heterocycles. The summed E-state index contributed by atoms with van der Waals surface area (Å²) >= 11 is 0. The molecule has 0 aliphatic rings. The van der Waals surface area contributed by atoms with E-state index in [0.717, 1.165) is 16.5 Å². The van der Waals surface area contributed by atoms with Gasteiger partial charge in [0.25, 0.3) is 0 Å². The number of hydrogen-bond acceptors (Lipinski definition) is 1. The molecule has 2 rings (SSSR count). The summed E-state index contributed by atoms with van der Waals surface area (Å²) in [6.45, 7) is 2.02. The third-order valence-corrected chi connectivity index (χ3v) is 2.50. The van der Waals surface area contributed by atoms with E-state index in [0.29, 0.717) is 0 Å². The summed E-state index contributed by atoms with van der Waals surface area (Å²) in [4.78, 5) is 13.4. The standard InChI is InChI=1S/C12H14N2O/c1-9-5-4-6-10-7-8-14(11(9)10)12(15)13(2)3/h4-8H,1-3H3. The first-order valence-electron chi connectivity index (χ1n) is 4.89. The number of nitrogens with zero attached hydrogens (tertiary/aromatic N) is 2. The zero-order valence-corrected chi connectivity index (χ0v) is 9.19. The zero-order valence-electron chi connectivity index (χ0n) is 9.19. The Balaban J connectivity index is 2.67. The van der Waals surface area contributed by atoms with Crippen molar-refractivity contribution in [3.63, 3.8) is 0 Å². The lowest BCUT2D eigenvalue weighted by molar-refractivity contribution is 0.220. The van der Waals surface area contributed by atoms with Crippen LogP contribution in [0.15, 0.2) is 30.5 Å². The van der Waals surface area contributed by atoms with Gasteiger partial charge < -0.3 is 4.90 Å². The third-order valence-electron chi connectivity index (χ3n) is 2.50. The van der Waals surface area contributed by atoms with Crippen LogP contribution in [-0.4, -0.2) is 29.6 Å². The Morgan fingerprint density at radius 1 is 1.27 bits per heavy atom. The molecule has 0 spiro atoms. The summed E-state index contributed by atoms with van der Waals surface area (Å²) in [5.74, 6) is 0. The quantitative estimate of drug-likeness (QED) is 0.644. The molecule has 1 aromatic heterocycles. The minimum Gasteiger partial charge on any atom is -0.330 e. The van der Waals surface area contributed by atoms with Gasteiger partial charge in [-0.1, -0.05) is 18.2 Å². The average Bonchev–Trinajstić information content (AvgIpc) is 2.61. The molecule has 1 aromatic carbocycles. The number of amides is 1. The fourth-order valence-electron chi connectivity index (χ4n) is 1.75. The molecule has 0 saturated heterocycles. The molecule has 3 heteroatoms. The van der Waals surface area contributed by atoms with Crippen molar-refractivity contribution in [1.29, 1.82) is 0 Å². The van der Waals surface area contributed by atoms with Gasteiger partial charge in [0.05, 0.1) is 5.52 Å². The van der Waals surface area contributed by atoms with Crippen molar-refractivity contribution in [3.05, 3.63) is 36.0 Å². The molecular formula is C12H14N2O. The van der Waals surface area contributed by atoms with Gasteiger partial charge in [-0.15, -0.1) is 0 Å². The SMILES string of the molecule is Cc1cccc2ccn(C(=O)N(C)C)c12. The van der Waals surface area contributed by atoms with Gasteiger partial charge in [0.2, 0.25) is 0 Å². The van der Waals surface area contributed by atoms with Gasteiger partial charge in [-0.25, -0.2) is 4.79 Å². The average molecular weight is 202 g/mol. The molecule has 0 saturated carbocycles. The highest BCUT2D eigenvalue weighted by atomic mass is 16.2. The lowest BCUT2D eigenvalue weighted by atomic mass is 10.2. The Hall–Kier alpha value is -1.77. The number of para-hydroxylation sites is 1. The summed E-state index contributed by atoms with van der Waals surface area (Å²) in [6.07, 6.45) is 1.82. The highest BCUT2D eigenvalue weighted by molar-refractivity contribution is 5.93. The fraction of sp³-hybridized carbons (Fsp3) is 0.250. The second-order valence-corrected chi connectivity index (χ2v) is 3.88. The molecule has 0 bridgehead atoms. The van der Waals surface area contributed by atoms with Gasteiger partial charge in [0, 0.05) is 25.7 Å². The number of aryl methyl sites for hydroxylation is 1. The summed E-state index contributed by atoms with van der Waals surface area (Å²) < 4.78 is 1.69. The van der Waals surface area contributed by atoms with Crippen LogP contribution < -0.4 is 0 Å². The van der Waals surface area contributed by atoms with Crippen molar-refractivity contribution in [2.75, 3.05) is 14.1 Å². The Morgan fingerprint density at radius 2 is 2.00 bits per heavy atom. The summed E-state index contributed by atoms with van der Waals surface area (Å²) in [5.41, 5.74) is 2.11. The minimum atomic E-state index is -0.0145. The van der Waals surface area contributed by atoms with Crippen LogP contribution in [0.4, 0.5) is 4.79 Å². The van der Waals surface area contributed by atoms with Crippen LogP contribution in [0.1, 0.15) is 5.56 Å². The predicted molar refractivity (Wildman–Crippen MR) is 61.2 cm³/mol. The maximum atomic E-state index is 11.9. The first-order valence-corrected chi connectivity index (χ1v) is 4.89. The Bertz CT molecular complexity index is 511. The molecule has 2 aromatic rings. The summed E-state index contributed by atoms with van der Waals surface area (Å²) in [5, 5.41) is 1.10. The van der Waals surface area contributed by atoms with Crippen molar-refractivity contribution >= 4 is 16.9 Å². The topological polar surface area (TPSA) is 25.2 Å². The van der Waals surface area contributed by atoms with E-state index < -0.39 is 0 Å². The normalized spacial score (nSPS) is 10.6. The van der Waals surface area contributed by atoms with Gasteiger partial charge in [0.1, 0.15) is 0 Å². The van der Waals surface area contributed by atoms with Crippen LogP contribution in [0.3, 0.4) is 0 Å². The molecule has 1 heterocycles. The molecule has 0 N–H and O–H groups in total. The van der Waals surface area contributed by atoms with Crippen molar-refractivity contribution in [3.8, 4) is 0 Å². The summed E-state index contributed by atoms with van der Waals surface area (Å²) in [6, 6.07) is 7.98. The van der Waals surface area contributed by atoms with Crippen LogP contribution in [0, 0.1) is 6.92 Å². The lowest BCUT2D eigenvalue weighted by Crippen LogP contribution is -2.26. The Kier molecular flexibility index (Phi) is 2.23. The van der Waals surface area contributed by atoms with E-state index in [9.17, 15) is 4.79 Å². The van der Waals surface area contributed by atoms with Crippen molar-refractivity contribution in [1.82, 2.24) is 9.47 Å². The van der Waals surface area contributed by atoms with Crippen LogP contribution in [-0.2, 0) is 0 Å². The van der Waals surface area contributed by atoms with Crippen molar-refractivity contribution in [2.24, 2.45) is 0 Å². The first-order chi connectivity index (χ1) is 7.11. The van der Waals surface area contributed by atoms with E-state index in [1.807, 2.05) is 37.4 Å². The van der Waals surface area contributed by atoms with Crippen LogP contribution >= 0.6 is 0 Å². The number of hydrogen-bond donors (Lipinski definition) is 0. The van der Waals surface area contributed by atoms with E-state index in [-0.39, 0.29) is 6.03 Å². The molecular weight excluding hydrogens is 188 g/mol. The van der Waals surface area contributed by atoms with E-state index in [4.69, 9.17) is 0 Å². The van der Waals surface area contributed by atoms with Crippen molar-refractivity contribution < 1.29 is 4.79 Å². The molecule has 0 atom stereocenters. The Labute approximate surface area is 88.9 Å². The fourth-order valence-corrected chi connectivity index (χ4v) is 1.75. The monoisotopic (exact) mass is 202 g/mol.